The maximum Gasteiger partial charge on any atom is 0.257 e. The van der Waals surface area contributed by atoms with E-state index in [4.69, 9.17) is 17.3 Å². The Balaban J connectivity index is 2.20. The van der Waals surface area contributed by atoms with E-state index in [9.17, 15) is 4.79 Å². The summed E-state index contributed by atoms with van der Waals surface area (Å²) in [6.45, 7) is 1.86. The third-order valence-corrected chi connectivity index (χ3v) is 3.01. The molecule has 3 N–H and O–H groups in total. The summed E-state index contributed by atoms with van der Waals surface area (Å²) in [6, 6.07) is 8.50. The Bertz CT molecular complexity index is 584. The van der Waals surface area contributed by atoms with E-state index in [1.165, 1.54) is 0 Å². The van der Waals surface area contributed by atoms with Crippen LogP contribution < -0.4 is 11.1 Å². The van der Waals surface area contributed by atoms with E-state index in [0.717, 1.165) is 5.56 Å². The summed E-state index contributed by atoms with van der Waals surface area (Å²) in [5.74, 6) is -0.257. The molecule has 0 unspecified atom stereocenters. The van der Waals surface area contributed by atoms with Crippen molar-refractivity contribution in [1.29, 1.82) is 0 Å². The minimum absolute atomic E-state index is 0.116. The van der Waals surface area contributed by atoms with E-state index >= 15 is 0 Å². The van der Waals surface area contributed by atoms with Crippen molar-refractivity contribution in [2.75, 3.05) is 5.32 Å². The molecular weight excluding hydrogens is 262 g/mol. The molecule has 0 saturated heterocycles. The quantitative estimate of drug-likeness (QED) is 0.905. The minimum atomic E-state index is -0.257. The lowest BCUT2D eigenvalue weighted by Crippen LogP contribution is -2.13. The van der Waals surface area contributed by atoms with Crippen LogP contribution in [0.1, 0.15) is 28.9 Å². The van der Waals surface area contributed by atoms with Gasteiger partial charge in [-0.25, -0.2) is 0 Å². The van der Waals surface area contributed by atoms with Gasteiger partial charge in [-0.15, -0.1) is 0 Å². The van der Waals surface area contributed by atoms with Crippen molar-refractivity contribution in [3.05, 3.63) is 58.9 Å². The van der Waals surface area contributed by atoms with Gasteiger partial charge in [-0.05, 0) is 36.8 Å². The van der Waals surface area contributed by atoms with Gasteiger partial charge in [0.25, 0.3) is 5.91 Å². The highest BCUT2D eigenvalue weighted by Gasteiger charge is 2.12. The number of nitrogens with zero attached hydrogens (tertiary/aromatic N) is 1. The number of rotatable bonds is 3. The van der Waals surface area contributed by atoms with Gasteiger partial charge < -0.3 is 11.1 Å². The number of hydrogen-bond acceptors (Lipinski definition) is 3. The summed E-state index contributed by atoms with van der Waals surface area (Å²) >= 11 is 6.11. The van der Waals surface area contributed by atoms with Crippen LogP contribution >= 0.6 is 11.6 Å². The normalized spacial score (nSPS) is 11.9. The average molecular weight is 276 g/mol. The zero-order valence-electron chi connectivity index (χ0n) is 10.4. The molecule has 0 fully saturated rings. The molecule has 2 rings (SSSR count). The number of aromatic nitrogens is 1. The van der Waals surface area contributed by atoms with E-state index in [2.05, 4.69) is 10.3 Å². The number of carbonyl (C=O) groups is 1. The molecule has 0 aliphatic heterocycles. The lowest BCUT2D eigenvalue weighted by molar-refractivity contribution is 0.102. The molecule has 4 nitrogen and oxygen atoms in total. The second-order valence-corrected chi connectivity index (χ2v) is 4.63. The van der Waals surface area contributed by atoms with E-state index in [-0.39, 0.29) is 11.9 Å². The van der Waals surface area contributed by atoms with Crippen molar-refractivity contribution >= 4 is 23.2 Å². The first-order valence-corrected chi connectivity index (χ1v) is 6.22. The highest BCUT2D eigenvalue weighted by Crippen LogP contribution is 2.22. The van der Waals surface area contributed by atoms with Crippen LogP contribution in [0.3, 0.4) is 0 Å². The Morgan fingerprint density at radius 3 is 2.58 bits per heavy atom. The first-order valence-electron chi connectivity index (χ1n) is 5.84. The van der Waals surface area contributed by atoms with Crippen LogP contribution in [-0.4, -0.2) is 10.9 Å². The molecule has 0 saturated carbocycles. The Labute approximate surface area is 116 Å². The maximum absolute atomic E-state index is 12.1. The summed E-state index contributed by atoms with van der Waals surface area (Å²) in [7, 11) is 0. The van der Waals surface area contributed by atoms with E-state index < -0.39 is 0 Å². The standard InChI is InChI=1S/C14H14ClN3O/c1-9(16)10-2-3-12(13(15)8-10)14(19)18-11-4-6-17-7-5-11/h2-9H,16H2,1H3,(H,17,18,19)/t9-/m1/s1. The zero-order valence-corrected chi connectivity index (χ0v) is 11.2. The number of benzene rings is 1. The predicted molar refractivity (Wildman–Crippen MR) is 76.2 cm³/mol. The monoisotopic (exact) mass is 275 g/mol. The number of pyridine rings is 1. The number of anilines is 1. The molecule has 19 heavy (non-hydrogen) atoms. The minimum Gasteiger partial charge on any atom is -0.324 e. The van der Waals surface area contributed by atoms with Crippen molar-refractivity contribution in [1.82, 2.24) is 4.98 Å². The second-order valence-electron chi connectivity index (χ2n) is 4.22. The molecule has 1 aromatic carbocycles. The summed E-state index contributed by atoms with van der Waals surface area (Å²) < 4.78 is 0. The lowest BCUT2D eigenvalue weighted by atomic mass is 10.1. The number of nitrogens with one attached hydrogen (secondary N) is 1. The van der Waals surface area contributed by atoms with Crippen molar-refractivity contribution < 1.29 is 4.79 Å². The molecular formula is C14H14ClN3O. The van der Waals surface area contributed by atoms with Gasteiger partial charge in [-0.2, -0.15) is 0 Å². The van der Waals surface area contributed by atoms with Gasteiger partial charge in [-0.3, -0.25) is 9.78 Å². The fraction of sp³-hybridized carbons (Fsp3) is 0.143. The smallest absolute Gasteiger partial charge is 0.257 e. The third-order valence-electron chi connectivity index (χ3n) is 2.70. The molecule has 2 aromatic rings. The molecule has 0 aliphatic rings. The number of amides is 1. The molecule has 0 aliphatic carbocycles. The summed E-state index contributed by atoms with van der Waals surface area (Å²) in [5.41, 5.74) is 7.75. The zero-order chi connectivity index (χ0) is 13.8. The van der Waals surface area contributed by atoms with Gasteiger partial charge >= 0.3 is 0 Å². The predicted octanol–water partition coefficient (Wildman–Crippen LogP) is 3.01. The average Bonchev–Trinajstić information content (AvgIpc) is 2.39. The van der Waals surface area contributed by atoms with Crippen LogP contribution in [0.25, 0.3) is 0 Å². The number of hydrogen-bond donors (Lipinski definition) is 2. The molecule has 5 heteroatoms. The molecule has 0 radical (unpaired) electrons. The van der Waals surface area contributed by atoms with E-state index in [0.29, 0.717) is 16.3 Å². The van der Waals surface area contributed by atoms with Crippen LogP contribution in [0.2, 0.25) is 5.02 Å². The van der Waals surface area contributed by atoms with E-state index in [1.807, 2.05) is 6.92 Å². The largest absolute Gasteiger partial charge is 0.324 e. The van der Waals surface area contributed by atoms with Gasteiger partial charge in [0, 0.05) is 24.1 Å². The first kappa shape index (κ1) is 13.5. The Morgan fingerprint density at radius 2 is 2.00 bits per heavy atom. The third kappa shape index (κ3) is 3.30. The van der Waals surface area contributed by atoms with Gasteiger partial charge in [0.2, 0.25) is 0 Å². The summed E-state index contributed by atoms with van der Waals surface area (Å²) in [4.78, 5) is 16.0. The van der Waals surface area contributed by atoms with Crippen LogP contribution in [0, 0.1) is 0 Å². The fourth-order valence-electron chi connectivity index (χ4n) is 1.63. The highest BCUT2D eigenvalue weighted by atomic mass is 35.5. The molecule has 1 atom stereocenters. The Morgan fingerprint density at radius 1 is 1.32 bits per heavy atom. The summed E-state index contributed by atoms with van der Waals surface area (Å²) in [5, 5.41) is 3.14. The lowest BCUT2D eigenvalue weighted by Gasteiger charge is -2.10. The first-order chi connectivity index (χ1) is 9.08. The van der Waals surface area contributed by atoms with Crippen molar-refractivity contribution in [2.45, 2.75) is 13.0 Å². The topological polar surface area (TPSA) is 68.0 Å². The van der Waals surface area contributed by atoms with Crippen LogP contribution in [-0.2, 0) is 0 Å². The Hall–Kier alpha value is -1.91. The van der Waals surface area contributed by atoms with Gasteiger partial charge in [0.15, 0.2) is 0 Å². The molecule has 1 aromatic heterocycles. The molecule has 0 spiro atoms. The van der Waals surface area contributed by atoms with Crippen LogP contribution in [0.5, 0.6) is 0 Å². The van der Waals surface area contributed by atoms with Gasteiger partial charge in [0.1, 0.15) is 0 Å². The van der Waals surface area contributed by atoms with Crippen LogP contribution in [0.15, 0.2) is 42.7 Å². The number of halogens is 1. The second kappa shape index (κ2) is 5.82. The SMILES string of the molecule is C[C@@H](N)c1ccc(C(=O)Nc2ccncc2)c(Cl)c1. The summed E-state index contributed by atoms with van der Waals surface area (Å²) in [6.07, 6.45) is 3.22. The highest BCUT2D eigenvalue weighted by molar-refractivity contribution is 6.34. The fourth-order valence-corrected chi connectivity index (χ4v) is 1.91. The molecule has 1 heterocycles. The van der Waals surface area contributed by atoms with Crippen molar-refractivity contribution in [3.8, 4) is 0 Å². The van der Waals surface area contributed by atoms with Gasteiger partial charge in [-0.1, -0.05) is 17.7 Å². The Kier molecular flexibility index (Phi) is 4.14. The molecule has 98 valence electrons. The number of nitrogens with two attached hydrogens (primary N) is 1. The van der Waals surface area contributed by atoms with Crippen LogP contribution in [0.4, 0.5) is 5.69 Å². The van der Waals surface area contributed by atoms with Gasteiger partial charge in [0.05, 0.1) is 10.6 Å². The molecule has 1 amide bonds. The number of carbonyl (C=O) groups excluding carboxylic acids is 1. The molecule has 0 bridgehead atoms. The van der Waals surface area contributed by atoms with E-state index in [1.54, 1.807) is 42.7 Å². The van der Waals surface area contributed by atoms with Crippen molar-refractivity contribution in [3.63, 3.8) is 0 Å². The van der Waals surface area contributed by atoms with Crippen molar-refractivity contribution in [2.24, 2.45) is 5.73 Å². The maximum atomic E-state index is 12.1.